The van der Waals surface area contributed by atoms with Crippen LogP contribution in [0.25, 0.3) is 0 Å². The third-order valence-corrected chi connectivity index (χ3v) is 3.48. The van der Waals surface area contributed by atoms with Crippen LogP contribution >= 0.6 is 0 Å². The van der Waals surface area contributed by atoms with Gasteiger partial charge in [0, 0.05) is 25.7 Å². The van der Waals surface area contributed by atoms with Crippen LogP contribution in [-0.4, -0.2) is 50.3 Å². The lowest BCUT2D eigenvalue weighted by atomic mass is 10.0. The van der Waals surface area contributed by atoms with Crippen LogP contribution in [0.5, 0.6) is 0 Å². The Labute approximate surface area is 93.2 Å². The van der Waals surface area contributed by atoms with Crippen molar-refractivity contribution in [1.29, 1.82) is 0 Å². The predicted octanol–water partition coefficient (Wildman–Crippen LogP) is 1.24. The molecule has 2 rings (SSSR count). The molecule has 2 aliphatic heterocycles. The molecular formula is C12H24N2O. The third kappa shape index (κ3) is 3.74. The van der Waals surface area contributed by atoms with E-state index in [9.17, 15) is 0 Å². The van der Waals surface area contributed by atoms with Crippen molar-refractivity contribution in [2.75, 3.05) is 33.3 Å². The van der Waals surface area contributed by atoms with Gasteiger partial charge in [0.05, 0.1) is 6.10 Å². The molecule has 3 heteroatoms. The molecule has 3 nitrogen and oxygen atoms in total. The first kappa shape index (κ1) is 11.4. The minimum absolute atomic E-state index is 0.499. The van der Waals surface area contributed by atoms with Crippen LogP contribution in [-0.2, 0) is 4.74 Å². The maximum atomic E-state index is 5.65. The average molecular weight is 212 g/mol. The first-order chi connectivity index (χ1) is 7.34. The van der Waals surface area contributed by atoms with E-state index in [-0.39, 0.29) is 0 Å². The summed E-state index contributed by atoms with van der Waals surface area (Å²) in [6, 6.07) is 0.713. The first-order valence-corrected chi connectivity index (χ1v) is 6.38. The van der Waals surface area contributed by atoms with E-state index in [2.05, 4.69) is 17.3 Å². The minimum Gasteiger partial charge on any atom is -0.377 e. The van der Waals surface area contributed by atoms with Gasteiger partial charge in [0.15, 0.2) is 0 Å². The maximum Gasteiger partial charge on any atom is 0.0702 e. The van der Waals surface area contributed by atoms with Gasteiger partial charge in [-0.2, -0.15) is 0 Å². The molecule has 0 spiro atoms. The fourth-order valence-corrected chi connectivity index (χ4v) is 2.67. The van der Waals surface area contributed by atoms with Gasteiger partial charge in [-0.05, 0) is 39.3 Å². The zero-order valence-electron chi connectivity index (χ0n) is 9.87. The highest BCUT2D eigenvalue weighted by Gasteiger charge is 2.20. The Morgan fingerprint density at radius 2 is 2.13 bits per heavy atom. The highest BCUT2D eigenvalue weighted by molar-refractivity contribution is 4.77. The Morgan fingerprint density at radius 1 is 1.20 bits per heavy atom. The number of hydrogen-bond acceptors (Lipinski definition) is 3. The van der Waals surface area contributed by atoms with Crippen molar-refractivity contribution in [1.82, 2.24) is 10.2 Å². The van der Waals surface area contributed by atoms with E-state index >= 15 is 0 Å². The minimum atomic E-state index is 0.499. The van der Waals surface area contributed by atoms with Gasteiger partial charge in [-0.15, -0.1) is 0 Å². The van der Waals surface area contributed by atoms with E-state index in [1.54, 1.807) is 0 Å². The summed E-state index contributed by atoms with van der Waals surface area (Å²) < 4.78 is 5.65. The smallest absolute Gasteiger partial charge is 0.0702 e. The zero-order valence-corrected chi connectivity index (χ0v) is 9.87. The Balaban J connectivity index is 1.64. The quantitative estimate of drug-likeness (QED) is 0.759. The highest BCUT2D eigenvalue weighted by atomic mass is 16.5. The molecule has 2 aliphatic rings. The van der Waals surface area contributed by atoms with Crippen molar-refractivity contribution >= 4 is 0 Å². The lowest BCUT2D eigenvalue weighted by Crippen LogP contribution is -2.44. The van der Waals surface area contributed by atoms with Crippen LogP contribution in [0.15, 0.2) is 0 Å². The molecule has 0 aromatic rings. The summed E-state index contributed by atoms with van der Waals surface area (Å²) in [5.74, 6) is 0. The monoisotopic (exact) mass is 212 g/mol. The van der Waals surface area contributed by atoms with Gasteiger partial charge < -0.3 is 15.0 Å². The van der Waals surface area contributed by atoms with E-state index < -0.39 is 0 Å². The second-order valence-electron chi connectivity index (χ2n) is 5.00. The molecule has 2 fully saturated rings. The summed E-state index contributed by atoms with van der Waals surface area (Å²) in [5, 5.41) is 3.59. The fraction of sp³-hybridized carbons (Fsp3) is 1.00. The number of nitrogens with zero attached hydrogens (tertiary/aromatic N) is 1. The lowest BCUT2D eigenvalue weighted by Gasteiger charge is -2.29. The van der Waals surface area contributed by atoms with Crippen molar-refractivity contribution in [3.05, 3.63) is 0 Å². The van der Waals surface area contributed by atoms with Crippen molar-refractivity contribution < 1.29 is 4.74 Å². The van der Waals surface area contributed by atoms with Crippen molar-refractivity contribution in [2.45, 2.75) is 44.2 Å². The van der Waals surface area contributed by atoms with Crippen LogP contribution in [0, 0.1) is 0 Å². The number of hydrogen-bond donors (Lipinski definition) is 1. The lowest BCUT2D eigenvalue weighted by molar-refractivity contribution is 0.0774. The molecule has 0 radical (unpaired) electrons. The van der Waals surface area contributed by atoms with Gasteiger partial charge in [-0.1, -0.05) is 6.42 Å². The molecule has 0 aromatic carbocycles. The van der Waals surface area contributed by atoms with Crippen molar-refractivity contribution in [3.8, 4) is 0 Å². The molecule has 2 atom stereocenters. The van der Waals surface area contributed by atoms with Gasteiger partial charge in [-0.3, -0.25) is 0 Å². The molecule has 0 saturated carbocycles. The number of ether oxygens (including phenoxy) is 1. The maximum absolute atomic E-state index is 5.65. The van der Waals surface area contributed by atoms with Gasteiger partial charge in [-0.25, -0.2) is 0 Å². The van der Waals surface area contributed by atoms with E-state index in [0.717, 1.165) is 13.2 Å². The molecule has 0 bridgehead atoms. The molecule has 2 saturated heterocycles. The largest absolute Gasteiger partial charge is 0.377 e. The van der Waals surface area contributed by atoms with Gasteiger partial charge in [0.25, 0.3) is 0 Å². The molecule has 88 valence electrons. The molecule has 0 aromatic heterocycles. The van der Waals surface area contributed by atoms with E-state index in [4.69, 9.17) is 4.74 Å². The summed E-state index contributed by atoms with van der Waals surface area (Å²) in [7, 11) is 2.22. The van der Waals surface area contributed by atoms with Crippen LogP contribution in [0.1, 0.15) is 32.1 Å². The molecule has 0 aliphatic carbocycles. The molecular weight excluding hydrogens is 188 g/mol. The van der Waals surface area contributed by atoms with Crippen molar-refractivity contribution in [3.63, 3.8) is 0 Å². The Hall–Kier alpha value is -0.120. The van der Waals surface area contributed by atoms with E-state index in [0.29, 0.717) is 12.1 Å². The van der Waals surface area contributed by atoms with E-state index in [1.165, 1.54) is 45.2 Å². The normalized spacial score (nSPS) is 32.4. The molecule has 2 unspecified atom stereocenters. The summed E-state index contributed by atoms with van der Waals surface area (Å²) >= 11 is 0. The molecule has 1 N–H and O–H groups in total. The Bertz CT molecular complexity index is 174. The number of nitrogens with one attached hydrogen (secondary N) is 1. The fourth-order valence-electron chi connectivity index (χ4n) is 2.67. The summed E-state index contributed by atoms with van der Waals surface area (Å²) in [6.45, 7) is 4.47. The van der Waals surface area contributed by atoms with Crippen LogP contribution < -0.4 is 5.32 Å². The number of rotatable bonds is 4. The summed E-state index contributed by atoms with van der Waals surface area (Å²) in [6.07, 6.45) is 7.09. The standard InChI is InChI=1S/C12H24N2O/c1-14(10-12-6-4-8-15-12)9-11-5-2-3-7-13-11/h11-13H,2-10H2,1H3. The van der Waals surface area contributed by atoms with Gasteiger partial charge in [0.1, 0.15) is 0 Å². The summed E-state index contributed by atoms with van der Waals surface area (Å²) in [5.41, 5.74) is 0. The second kappa shape index (κ2) is 5.83. The van der Waals surface area contributed by atoms with Crippen molar-refractivity contribution in [2.24, 2.45) is 0 Å². The topological polar surface area (TPSA) is 24.5 Å². The zero-order chi connectivity index (χ0) is 10.5. The highest BCUT2D eigenvalue weighted by Crippen LogP contribution is 2.14. The SMILES string of the molecule is CN(CC1CCCCN1)CC1CCCO1. The first-order valence-electron chi connectivity index (χ1n) is 6.38. The van der Waals surface area contributed by atoms with Crippen LogP contribution in [0.3, 0.4) is 0 Å². The number of piperidine rings is 1. The molecule has 15 heavy (non-hydrogen) atoms. The number of likely N-dealkylation sites (N-methyl/N-ethyl adjacent to an activating group) is 1. The second-order valence-corrected chi connectivity index (χ2v) is 5.00. The predicted molar refractivity (Wildman–Crippen MR) is 62.1 cm³/mol. The average Bonchev–Trinajstić information content (AvgIpc) is 2.71. The third-order valence-electron chi connectivity index (χ3n) is 3.48. The Kier molecular flexibility index (Phi) is 4.42. The van der Waals surface area contributed by atoms with Crippen LogP contribution in [0.2, 0.25) is 0 Å². The summed E-state index contributed by atoms with van der Waals surface area (Å²) in [4.78, 5) is 2.43. The van der Waals surface area contributed by atoms with E-state index in [1.807, 2.05) is 0 Å². The van der Waals surface area contributed by atoms with Gasteiger partial charge in [0.2, 0.25) is 0 Å². The van der Waals surface area contributed by atoms with Gasteiger partial charge >= 0.3 is 0 Å². The Morgan fingerprint density at radius 3 is 2.80 bits per heavy atom. The molecule has 2 heterocycles. The molecule has 0 amide bonds. The van der Waals surface area contributed by atoms with Crippen LogP contribution in [0.4, 0.5) is 0 Å².